The largest absolute Gasteiger partial charge is 0.461 e. The van der Waals surface area contributed by atoms with Gasteiger partial charge in [0.1, 0.15) is 25.3 Å². The van der Waals surface area contributed by atoms with E-state index in [2.05, 4.69) is 29.1 Å². The maximum absolute atomic E-state index is 13.9. The molecule has 4 unspecified atom stereocenters. The number of aliphatic hydroxyl groups is 1. The molecule has 1 aliphatic rings. The number of carbonyl (C=O) groups is 5. The van der Waals surface area contributed by atoms with Crippen molar-refractivity contribution in [3.8, 4) is 0 Å². The summed E-state index contributed by atoms with van der Waals surface area (Å²) in [5, 5.41) is 19.9. The Morgan fingerprint density at radius 3 is 2.20 bits per heavy atom. The first-order chi connectivity index (χ1) is 26.7. The quantitative estimate of drug-likeness (QED) is 0.0846. The lowest BCUT2D eigenvalue weighted by atomic mass is 9.92. The normalized spacial score (nSPS) is 15.0. The van der Waals surface area contributed by atoms with Gasteiger partial charge in [-0.15, -0.1) is 13.2 Å². The van der Waals surface area contributed by atoms with E-state index in [9.17, 15) is 29.1 Å². The minimum Gasteiger partial charge on any atom is -0.461 e. The molecule has 1 heterocycles. The molecule has 4 aromatic carbocycles. The Balaban J connectivity index is 1.29. The molecule has 0 fully saturated rings. The van der Waals surface area contributed by atoms with Gasteiger partial charge in [0, 0.05) is 18.7 Å². The number of hydrogen-bond acceptors (Lipinski definition) is 8. The van der Waals surface area contributed by atoms with E-state index in [1.807, 2.05) is 60.7 Å². The smallest absolute Gasteiger partial charge is 0.408 e. The van der Waals surface area contributed by atoms with E-state index in [0.717, 1.165) is 27.5 Å². The molecule has 5 rings (SSSR count). The van der Waals surface area contributed by atoms with Gasteiger partial charge in [-0.1, -0.05) is 97.1 Å². The van der Waals surface area contributed by atoms with Crippen LogP contribution in [0.15, 0.2) is 122 Å². The summed E-state index contributed by atoms with van der Waals surface area (Å²) in [4.78, 5) is 68.8. The average Bonchev–Trinajstić information content (AvgIpc) is 3.20. The number of nitrogens with one attached hydrogen (secondary N) is 3. The van der Waals surface area contributed by atoms with Crippen molar-refractivity contribution in [1.29, 1.82) is 0 Å². The summed E-state index contributed by atoms with van der Waals surface area (Å²) in [7, 11) is 0. The number of alkyl carbamates (subject to hydrolysis) is 1. The van der Waals surface area contributed by atoms with Crippen molar-refractivity contribution in [2.24, 2.45) is 5.92 Å². The number of esters is 1. The first-order valence-electron chi connectivity index (χ1n) is 18.1. The number of ether oxygens (including phenoxy) is 2. The molecule has 1 aliphatic heterocycles. The second-order valence-corrected chi connectivity index (χ2v) is 13.3. The van der Waals surface area contributed by atoms with Gasteiger partial charge in [-0.2, -0.15) is 0 Å². The van der Waals surface area contributed by atoms with Crippen LogP contribution >= 0.6 is 0 Å². The number of hydrogen-bond donors (Lipinski definition) is 4. The topological polar surface area (TPSA) is 163 Å². The Hall–Kier alpha value is -6.27. The molecule has 0 saturated heterocycles. The van der Waals surface area contributed by atoms with Gasteiger partial charge in [0.05, 0.1) is 18.6 Å². The van der Waals surface area contributed by atoms with Crippen LogP contribution in [0.1, 0.15) is 36.0 Å². The van der Waals surface area contributed by atoms with Crippen molar-refractivity contribution >= 4 is 46.2 Å². The summed E-state index contributed by atoms with van der Waals surface area (Å²) in [6.07, 6.45) is 2.45. The molecule has 4 aromatic rings. The summed E-state index contributed by atoms with van der Waals surface area (Å²) >= 11 is 0. The third-order valence-corrected chi connectivity index (χ3v) is 9.36. The zero-order chi connectivity index (χ0) is 39.2. The first kappa shape index (κ1) is 39.9. The number of allylic oxidation sites excluding steroid dienone is 1. The van der Waals surface area contributed by atoms with Crippen LogP contribution in [-0.2, 0) is 48.2 Å². The number of anilines is 1. The van der Waals surface area contributed by atoms with E-state index in [-0.39, 0.29) is 44.9 Å². The molecule has 4 amide bonds. The van der Waals surface area contributed by atoms with Gasteiger partial charge in [-0.05, 0) is 58.9 Å². The maximum atomic E-state index is 13.9. The minimum atomic E-state index is -1.40. The van der Waals surface area contributed by atoms with Crippen LogP contribution in [0.2, 0.25) is 0 Å². The predicted octanol–water partition coefficient (Wildman–Crippen LogP) is 5.21. The van der Waals surface area contributed by atoms with Gasteiger partial charge in [-0.3, -0.25) is 14.4 Å². The first-order valence-corrected chi connectivity index (χ1v) is 18.1. The molecule has 0 aromatic heterocycles. The monoisotopic (exact) mass is 746 g/mol. The molecular formula is C43H46N4O8. The molecule has 4 atom stereocenters. The number of nitrogens with zero attached hydrogens (tertiary/aromatic N) is 1. The highest BCUT2D eigenvalue weighted by Crippen LogP contribution is 2.26. The SMILES string of the molecule is C=CCC(CC(=O)N1Cc2ccccc2CC1CO)C(=O)NC(COC(=O)C(CC=C)NC(=O)OCc1ccccc1)C(=O)Nc1ccc2ccccc2c1. The molecule has 286 valence electrons. The number of aliphatic hydroxyl groups excluding tert-OH is 1. The van der Waals surface area contributed by atoms with E-state index in [0.29, 0.717) is 12.1 Å². The summed E-state index contributed by atoms with van der Waals surface area (Å²) in [5.74, 6) is -3.46. The van der Waals surface area contributed by atoms with Crippen LogP contribution in [0.25, 0.3) is 10.8 Å². The molecule has 0 saturated carbocycles. The number of rotatable bonds is 17. The van der Waals surface area contributed by atoms with Crippen LogP contribution in [0.5, 0.6) is 0 Å². The molecule has 55 heavy (non-hydrogen) atoms. The summed E-state index contributed by atoms with van der Waals surface area (Å²) < 4.78 is 10.8. The summed E-state index contributed by atoms with van der Waals surface area (Å²) in [6.45, 7) is 6.85. The average molecular weight is 747 g/mol. The van der Waals surface area contributed by atoms with Crippen molar-refractivity contribution in [3.63, 3.8) is 0 Å². The minimum absolute atomic E-state index is 0.00108. The molecular weight excluding hydrogens is 700 g/mol. The zero-order valence-corrected chi connectivity index (χ0v) is 30.5. The van der Waals surface area contributed by atoms with Crippen molar-refractivity contribution in [3.05, 3.63) is 139 Å². The van der Waals surface area contributed by atoms with Gasteiger partial charge in [0.15, 0.2) is 0 Å². The van der Waals surface area contributed by atoms with Gasteiger partial charge in [0.2, 0.25) is 11.8 Å². The highest BCUT2D eigenvalue weighted by atomic mass is 16.6. The van der Waals surface area contributed by atoms with Gasteiger partial charge in [-0.25, -0.2) is 9.59 Å². The second-order valence-electron chi connectivity index (χ2n) is 13.3. The fourth-order valence-corrected chi connectivity index (χ4v) is 6.38. The van der Waals surface area contributed by atoms with Gasteiger partial charge >= 0.3 is 12.1 Å². The number of benzene rings is 4. The zero-order valence-electron chi connectivity index (χ0n) is 30.5. The molecule has 12 nitrogen and oxygen atoms in total. The van der Waals surface area contributed by atoms with Crippen LogP contribution in [0, 0.1) is 5.92 Å². The third kappa shape index (κ3) is 11.1. The van der Waals surface area contributed by atoms with Crippen LogP contribution in [0.4, 0.5) is 10.5 Å². The lowest BCUT2D eigenvalue weighted by molar-refractivity contribution is -0.148. The Labute approximate surface area is 320 Å². The highest BCUT2D eigenvalue weighted by molar-refractivity contribution is 6.00. The lowest BCUT2D eigenvalue weighted by Crippen LogP contribution is -2.51. The van der Waals surface area contributed by atoms with E-state index in [1.165, 1.54) is 12.2 Å². The van der Waals surface area contributed by atoms with Crippen LogP contribution < -0.4 is 16.0 Å². The van der Waals surface area contributed by atoms with Crippen molar-refractivity contribution < 1.29 is 38.6 Å². The number of carbonyl (C=O) groups excluding carboxylic acids is 5. The van der Waals surface area contributed by atoms with Crippen molar-refractivity contribution in [1.82, 2.24) is 15.5 Å². The molecule has 0 spiro atoms. The highest BCUT2D eigenvalue weighted by Gasteiger charge is 2.34. The standard InChI is InChI=1S/C43H46N4O8/c1-3-12-33(24-39(49)47-25-34-19-11-10-18-32(34)23-36(47)26-48)40(50)45-38(41(51)44-35-21-20-30-16-8-9-17-31(30)22-35)28-54-42(52)37(13-4-2)46-43(53)55-27-29-14-6-5-7-15-29/h3-11,14-22,33,36-38,48H,1-2,12-13,23-28H2,(H,44,51)(H,45,50)(H,46,53). The van der Waals surface area contributed by atoms with E-state index in [4.69, 9.17) is 9.47 Å². The number of amides is 4. The fraction of sp³-hybridized carbons (Fsp3) is 0.279. The lowest BCUT2D eigenvalue weighted by Gasteiger charge is -2.36. The molecule has 4 N–H and O–H groups in total. The van der Waals surface area contributed by atoms with E-state index in [1.54, 1.807) is 41.3 Å². The fourth-order valence-electron chi connectivity index (χ4n) is 6.38. The molecule has 0 aliphatic carbocycles. The maximum Gasteiger partial charge on any atom is 0.408 e. The Morgan fingerprint density at radius 1 is 0.782 bits per heavy atom. The Morgan fingerprint density at radius 2 is 1.47 bits per heavy atom. The van der Waals surface area contributed by atoms with Crippen LogP contribution in [-0.4, -0.2) is 71.1 Å². The van der Waals surface area contributed by atoms with Crippen molar-refractivity contribution in [2.45, 2.75) is 57.0 Å². The molecule has 0 radical (unpaired) electrons. The summed E-state index contributed by atoms with van der Waals surface area (Å²) in [6, 6.07) is 26.6. The number of fused-ring (bicyclic) bond motifs is 2. The Kier molecular flexibility index (Phi) is 14.3. The molecule has 0 bridgehead atoms. The van der Waals surface area contributed by atoms with E-state index >= 15 is 0 Å². The van der Waals surface area contributed by atoms with Crippen LogP contribution in [0.3, 0.4) is 0 Å². The van der Waals surface area contributed by atoms with Gasteiger partial charge in [0.25, 0.3) is 5.91 Å². The Bertz CT molecular complexity index is 2000. The summed E-state index contributed by atoms with van der Waals surface area (Å²) in [5.41, 5.74) is 3.21. The predicted molar refractivity (Wildman–Crippen MR) is 208 cm³/mol. The second kappa shape index (κ2) is 19.7. The molecule has 12 heteroatoms. The van der Waals surface area contributed by atoms with Crippen molar-refractivity contribution in [2.75, 3.05) is 18.5 Å². The third-order valence-electron chi connectivity index (χ3n) is 9.36. The van der Waals surface area contributed by atoms with E-state index < -0.39 is 54.5 Å². The van der Waals surface area contributed by atoms with Gasteiger partial charge < -0.3 is 35.4 Å².